The molecule has 0 unspecified atom stereocenters. The Morgan fingerprint density at radius 2 is 1.96 bits per heavy atom. The summed E-state index contributed by atoms with van der Waals surface area (Å²) in [6.45, 7) is 1.17. The Morgan fingerprint density at radius 3 is 2.64 bits per heavy atom. The van der Waals surface area contributed by atoms with Crippen LogP contribution >= 0.6 is 11.6 Å². The van der Waals surface area contributed by atoms with Crippen molar-refractivity contribution >= 4 is 40.0 Å². The molecule has 2 N–H and O–H groups in total. The summed E-state index contributed by atoms with van der Waals surface area (Å²) in [5, 5.41) is 21.1. The molecule has 0 fully saturated rings. The van der Waals surface area contributed by atoms with Crippen molar-refractivity contribution in [1.29, 1.82) is 0 Å². The zero-order valence-electron chi connectivity index (χ0n) is 14.7. The molecule has 0 spiro atoms. The summed E-state index contributed by atoms with van der Waals surface area (Å²) in [6.07, 6.45) is -1.30. The summed E-state index contributed by atoms with van der Waals surface area (Å²) in [4.78, 5) is 21.6. The van der Waals surface area contributed by atoms with Gasteiger partial charge in [0.05, 0.1) is 16.9 Å². The minimum absolute atomic E-state index is 0.321. The highest BCUT2D eigenvalue weighted by Gasteiger charge is 2.32. The minimum atomic E-state index is -1.30. The first-order valence-corrected chi connectivity index (χ1v) is 8.84. The molecular formula is C20H15ClFN3O3. The van der Waals surface area contributed by atoms with Gasteiger partial charge in [0.25, 0.3) is 0 Å². The smallest absolute Gasteiger partial charge is 0.323 e. The van der Waals surface area contributed by atoms with Crippen LogP contribution in [0.1, 0.15) is 18.7 Å². The number of fused-ring (bicyclic) bond motifs is 3. The van der Waals surface area contributed by atoms with Crippen molar-refractivity contribution in [2.24, 2.45) is 4.99 Å². The Hall–Kier alpha value is -3.03. The highest BCUT2D eigenvalue weighted by atomic mass is 35.5. The monoisotopic (exact) mass is 399 g/mol. The molecule has 0 saturated heterocycles. The summed E-state index contributed by atoms with van der Waals surface area (Å²) in [6, 6.07) is 11.1. The fourth-order valence-electron chi connectivity index (χ4n) is 3.34. The summed E-state index contributed by atoms with van der Waals surface area (Å²) >= 11 is 5.98. The maximum absolute atomic E-state index is 13.9. The lowest BCUT2D eigenvalue weighted by molar-refractivity contribution is -0.139. The van der Waals surface area contributed by atoms with Gasteiger partial charge in [-0.15, -0.1) is 0 Å². The number of carboxylic acids is 1. The molecule has 0 bridgehead atoms. The Labute approximate surface area is 164 Å². The van der Waals surface area contributed by atoms with Crippen LogP contribution in [0.3, 0.4) is 0 Å². The molecule has 1 aliphatic heterocycles. The van der Waals surface area contributed by atoms with Crippen LogP contribution in [0.4, 0.5) is 10.1 Å². The van der Waals surface area contributed by atoms with Gasteiger partial charge in [0.2, 0.25) is 0 Å². The maximum atomic E-state index is 13.9. The average Bonchev–Trinajstić information content (AvgIpc) is 2.65. The summed E-state index contributed by atoms with van der Waals surface area (Å²) in [7, 11) is 0. The summed E-state index contributed by atoms with van der Waals surface area (Å²) in [5.41, 5.74) is 2.39. The van der Waals surface area contributed by atoms with Gasteiger partial charge >= 0.3 is 5.97 Å². The lowest BCUT2D eigenvalue weighted by Crippen LogP contribution is -2.39. The van der Waals surface area contributed by atoms with Gasteiger partial charge in [-0.3, -0.25) is 4.79 Å². The fourth-order valence-corrected chi connectivity index (χ4v) is 3.47. The summed E-state index contributed by atoms with van der Waals surface area (Å²) in [5.74, 6) is -1.27. The Kier molecular flexibility index (Phi) is 4.49. The van der Waals surface area contributed by atoms with Crippen LogP contribution in [-0.2, 0) is 4.79 Å². The molecule has 3 aromatic rings. The van der Waals surface area contributed by atoms with Crippen molar-refractivity contribution in [3.8, 4) is 11.3 Å². The fraction of sp³-hybridized carbons (Fsp3) is 0.150. The van der Waals surface area contributed by atoms with E-state index in [4.69, 9.17) is 11.6 Å². The number of carbonyl (C=O) groups is 1. The van der Waals surface area contributed by atoms with Crippen LogP contribution in [0.25, 0.3) is 22.2 Å². The van der Waals surface area contributed by atoms with E-state index in [1.165, 1.54) is 23.1 Å². The van der Waals surface area contributed by atoms with E-state index in [9.17, 15) is 19.4 Å². The lowest BCUT2D eigenvalue weighted by atomic mass is 9.98. The third kappa shape index (κ3) is 3.08. The van der Waals surface area contributed by atoms with E-state index in [-0.39, 0.29) is 0 Å². The number of aliphatic imine (C=N–C) groups is 1. The predicted molar refractivity (Wildman–Crippen MR) is 104 cm³/mol. The molecule has 8 heteroatoms. The molecule has 2 heterocycles. The highest BCUT2D eigenvalue weighted by molar-refractivity contribution is 6.30. The van der Waals surface area contributed by atoms with E-state index in [2.05, 4.69) is 9.98 Å². The highest BCUT2D eigenvalue weighted by Crippen LogP contribution is 2.43. The first-order chi connectivity index (χ1) is 13.3. The number of aliphatic carboxylic acids is 1. The van der Waals surface area contributed by atoms with Crippen molar-refractivity contribution in [2.45, 2.75) is 13.2 Å². The Balaban J connectivity index is 2.03. The van der Waals surface area contributed by atoms with Crippen LogP contribution in [0.2, 0.25) is 5.02 Å². The van der Waals surface area contributed by atoms with E-state index >= 15 is 0 Å². The molecule has 28 heavy (non-hydrogen) atoms. The van der Waals surface area contributed by atoms with E-state index < -0.39 is 24.6 Å². The Bertz CT molecular complexity index is 1130. The van der Waals surface area contributed by atoms with Gasteiger partial charge in [-0.1, -0.05) is 23.7 Å². The van der Waals surface area contributed by atoms with Crippen LogP contribution < -0.4 is 0 Å². The quantitative estimate of drug-likeness (QED) is 0.691. The molecule has 2 aromatic carbocycles. The third-order valence-electron chi connectivity index (χ3n) is 4.63. The zero-order chi connectivity index (χ0) is 20.0. The van der Waals surface area contributed by atoms with Gasteiger partial charge in [-0.05, 0) is 37.3 Å². The van der Waals surface area contributed by atoms with Crippen LogP contribution in [0, 0.1) is 5.82 Å². The van der Waals surface area contributed by atoms with Gasteiger partial charge < -0.3 is 15.1 Å². The first-order valence-electron chi connectivity index (χ1n) is 8.46. The van der Waals surface area contributed by atoms with Crippen molar-refractivity contribution in [1.82, 2.24) is 9.88 Å². The van der Waals surface area contributed by atoms with E-state index in [1.54, 1.807) is 31.2 Å². The van der Waals surface area contributed by atoms with E-state index in [0.29, 0.717) is 38.7 Å². The molecule has 142 valence electrons. The number of halogens is 2. The molecule has 0 amide bonds. The minimum Gasteiger partial charge on any atom is -0.480 e. The van der Waals surface area contributed by atoms with E-state index in [1.807, 2.05) is 0 Å². The van der Waals surface area contributed by atoms with E-state index in [0.717, 1.165) is 5.56 Å². The average molecular weight is 400 g/mol. The normalized spacial score (nSPS) is 16.1. The molecule has 0 saturated carbocycles. The number of carboxylic acid groups (broad SMARTS) is 1. The van der Waals surface area contributed by atoms with Gasteiger partial charge in [0.1, 0.15) is 18.2 Å². The number of rotatable bonds is 3. The summed E-state index contributed by atoms with van der Waals surface area (Å²) < 4.78 is 13.9. The largest absolute Gasteiger partial charge is 0.480 e. The number of hydrogen-bond acceptors (Lipinski definition) is 5. The van der Waals surface area contributed by atoms with Crippen molar-refractivity contribution < 1.29 is 19.4 Å². The van der Waals surface area contributed by atoms with Crippen molar-refractivity contribution in [3.63, 3.8) is 0 Å². The van der Waals surface area contributed by atoms with Crippen LogP contribution in [0.15, 0.2) is 47.5 Å². The van der Waals surface area contributed by atoms with Gasteiger partial charge in [-0.2, -0.15) is 0 Å². The predicted octanol–water partition coefficient (Wildman–Crippen LogP) is 4.14. The van der Waals surface area contributed by atoms with Crippen molar-refractivity contribution in [3.05, 3.63) is 58.9 Å². The van der Waals surface area contributed by atoms with Gasteiger partial charge in [0, 0.05) is 21.5 Å². The SMILES string of the molecule is CC1=Nc2c(-c3ccc(Cl)cc3)nc3ccc(F)cc3c2[C@@H](O)N1CC(=O)O. The Morgan fingerprint density at radius 1 is 1.25 bits per heavy atom. The second-order valence-corrected chi connectivity index (χ2v) is 6.88. The maximum Gasteiger partial charge on any atom is 0.323 e. The van der Waals surface area contributed by atoms with Crippen LogP contribution in [-0.4, -0.2) is 38.4 Å². The number of pyridine rings is 1. The van der Waals surface area contributed by atoms with Crippen LogP contribution in [0.5, 0.6) is 0 Å². The second-order valence-electron chi connectivity index (χ2n) is 6.45. The molecule has 0 radical (unpaired) electrons. The number of nitrogens with zero attached hydrogens (tertiary/aromatic N) is 3. The molecule has 4 rings (SSSR count). The number of aromatic nitrogens is 1. The molecule has 0 aliphatic carbocycles. The van der Waals surface area contributed by atoms with Gasteiger partial charge in [-0.25, -0.2) is 14.4 Å². The van der Waals surface area contributed by atoms with Gasteiger partial charge in [0.15, 0.2) is 6.23 Å². The number of amidine groups is 1. The third-order valence-corrected chi connectivity index (χ3v) is 4.88. The molecular weight excluding hydrogens is 385 g/mol. The molecule has 6 nitrogen and oxygen atoms in total. The number of benzene rings is 2. The lowest BCUT2D eigenvalue weighted by Gasteiger charge is -2.34. The van der Waals surface area contributed by atoms with Crippen molar-refractivity contribution in [2.75, 3.05) is 6.54 Å². The standard InChI is InChI=1S/C20H15ClFN3O3/c1-10-23-19-17(20(28)25(10)9-16(26)27)14-8-13(22)6-7-15(14)24-18(19)11-2-4-12(21)5-3-11/h2-8,20,28H,9H2,1H3,(H,26,27)/t20-/m1/s1. The topological polar surface area (TPSA) is 86.0 Å². The zero-order valence-corrected chi connectivity index (χ0v) is 15.5. The number of aliphatic hydroxyl groups is 1. The molecule has 1 aliphatic rings. The second kappa shape index (κ2) is 6.85. The molecule has 1 aromatic heterocycles. The number of hydrogen-bond donors (Lipinski definition) is 2. The molecule has 1 atom stereocenters. The number of aliphatic hydroxyl groups excluding tert-OH is 1. The first kappa shape index (κ1) is 18.3.